The number of hydrogen-bond acceptors (Lipinski definition) is 4. The van der Waals surface area contributed by atoms with Crippen LogP contribution in [0, 0.1) is 5.92 Å². The molecule has 1 aliphatic heterocycles. The lowest BCUT2D eigenvalue weighted by atomic mass is 9.82. The van der Waals surface area contributed by atoms with Gasteiger partial charge < -0.3 is 15.4 Å². The van der Waals surface area contributed by atoms with E-state index in [0.29, 0.717) is 36.7 Å². The minimum absolute atomic E-state index is 0.121. The molecule has 2 aliphatic rings. The van der Waals surface area contributed by atoms with Gasteiger partial charge in [-0.15, -0.1) is 0 Å². The van der Waals surface area contributed by atoms with E-state index in [1.54, 1.807) is 0 Å². The first kappa shape index (κ1) is 17.5. The molecule has 0 aromatic heterocycles. The number of hydrogen-bond donors (Lipinski definition) is 4. The average molecular weight is 353 g/mol. The molecule has 2 fully saturated rings. The van der Waals surface area contributed by atoms with E-state index in [9.17, 15) is 4.79 Å². The van der Waals surface area contributed by atoms with Gasteiger partial charge in [0.1, 0.15) is 0 Å². The maximum atomic E-state index is 12.0. The van der Waals surface area contributed by atoms with E-state index in [1.165, 1.54) is 12.8 Å². The lowest BCUT2D eigenvalue weighted by molar-refractivity contribution is 0.123. The van der Waals surface area contributed by atoms with Crippen LogP contribution in [0.1, 0.15) is 24.8 Å². The number of hydrazine groups is 1. The number of carbonyl (C=O) groups is 1. The van der Waals surface area contributed by atoms with Crippen molar-refractivity contribution >= 4 is 17.6 Å². The van der Waals surface area contributed by atoms with E-state index >= 15 is 0 Å². The Bertz CT molecular complexity index is 540. The Hall–Kier alpha value is -1.34. The van der Waals surface area contributed by atoms with E-state index in [-0.39, 0.29) is 12.1 Å². The fourth-order valence-electron chi connectivity index (χ4n) is 3.43. The predicted molar refractivity (Wildman–Crippen MR) is 93.7 cm³/mol. The third-order valence-corrected chi connectivity index (χ3v) is 4.95. The Morgan fingerprint density at radius 1 is 1.29 bits per heavy atom. The standard InChI is InChI=1S/C17H25ClN4O2/c18-14-6-4-12(5-7-14)11-24-9-8-19-17(23)21-15-3-1-2-13-10-20-22-16(13)15/h4-7,13,15-16,20,22H,1-3,8-11H2,(H2,19,21,23). The first-order valence-electron chi connectivity index (χ1n) is 8.57. The monoisotopic (exact) mass is 352 g/mol. The van der Waals surface area contributed by atoms with Crippen molar-refractivity contribution in [2.45, 2.75) is 38.0 Å². The van der Waals surface area contributed by atoms with Crippen molar-refractivity contribution in [1.82, 2.24) is 21.5 Å². The molecular weight excluding hydrogens is 328 g/mol. The fourth-order valence-corrected chi connectivity index (χ4v) is 3.56. The first-order valence-corrected chi connectivity index (χ1v) is 8.95. The van der Waals surface area contributed by atoms with Gasteiger partial charge in [-0.3, -0.25) is 10.9 Å². The molecule has 24 heavy (non-hydrogen) atoms. The van der Waals surface area contributed by atoms with Crippen LogP contribution < -0.4 is 21.5 Å². The van der Waals surface area contributed by atoms with E-state index < -0.39 is 0 Å². The molecule has 1 saturated carbocycles. The Kier molecular flexibility index (Phi) is 6.31. The summed E-state index contributed by atoms with van der Waals surface area (Å²) >= 11 is 5.84. The van der Waals surface area contributed by atoms with Gasteiger partial charge in [0, 0.05) is 30.2 Å². The summed E-state index contributed by atoms with van der Waals surface area (Å²) < 4.78 is 5.56. The smallest absolute Gasteiger partial charge is 0.315 e. The van der Waals surface area contributed by atoms with Crippen molar-refractivity contribution in [2.24, 2.45) is 5.92 Å². The normalized spacial score (nSPS) is 26.0. The Morgan fingerprint density at radius 3 is 2.96 bits per heavy atom. The molecule has 0 spiro atoms. The number of carbonyl (C=O) groups excluding carboxylic acids is 1. The number of amides is 2. The van der Waals surface area contributed by atoms with Crippen LogP contribution in [-0.4, -0.2) is 37.8 Å². The molecule has 2 amide bonds. The summed E-state index contributed by atoms with van der Waals surface area (Å²) in [5.41, 5.74) is 7.55. The van der Waals surface area contributed by atoms with Crippen molar-refractivity contribution in [2.75, 3.05) is 19.7 Å². The number of halogens is 1. The van der Waals surface area contributed by atoms with Gasteiger partial charge in [-0.05, 0) is 36.5 Å². The summed E-state index contributed by atoms with van der Waals surface area (Å²) in [5.74, 6) is 0.617. The van der Waals surface area contributed by atoms with Gasteiger partial charge in [0.05, 0.1) is 13.2 Å². The molecule has 0 radical (unpaired) electrons. The van der Waals surface area contributed by atoms with Gasteiger partial charge in [0.15, 0.2) is 0 Å². The fraction of sp³-hybridized carbons (Fsp3) is 0.588. The van der Waals surface area contributed by atoms with Gasteiger partial charge >= 0.3 is 6.03 Å². The van der Waals surface area contributed by atoms with Crippen LogP contribution in [0.15, 0.2) is 24.3 Å². The second kappa shape index (κ2) is 8.67. The lowest BCUT2D eigenvalue weighted by Crippen LogP contribution is -2.55. The largest absolute Gasteiger partial charge is 0.375 e. The van der Waals surface area contributed by atoms with Gasteiger partial charge in [-0.25, -0.2) is 4.79 Å². The average Bonchev–Trinajstić information content (AvgIpc) is 3.06. The lowest BCUT2D eigenvalue weighted by Gasteiger charge is -2.33. The summed E-state index contributed by atoms with van der Waals surface area (Å²) in [4.78, 5) is 12.0. The molecule has 1 aromatic carbocycles. The highest BCUT2D eigenvalue weighted by Crippen LogP contribution is 2.26. The predicted octanol–water partition coefficient (Wildman–Crippen LogP) is 1.80. The summed E-state index contributed by atoms with van der Waals surface area (Å²) in [6.45, 7) is 2.48. The Balaban J connectivity index is 1.30. The van der Waals surface area contributed by atoms with E-state index in [0.717, 1.165) is 18.5 Å². The minimum atomic E-state index is -0.121. The molecule has 1 aliphatic carbocycles. The van der Waals surface area contributed by atoms with Crippen LogP contribution in [0.5, 0.6) is 0 Å². The van der Waals surface area contributed by atoms with Crippen LogP contribution in [0.3, 0.4) is 0 Å². The molecule has 132 valence electrons. The highest BCUT2D eigenvalue weighted by atomic mass is 35.5. The maximum Gasteiger partial charge on any atom is 0.315 e. The number of nitrogens with one attached hydrogen (secondary N) is 4. The molecule has 4 N–H and O–H groups in total. The molecule has 0 bridgehead atoms. The molecule has 3 atom stereocenters. The number of benzene rings is 1. The summed E-state index contributed by atoms with van der Waals surface area (Å²) in [6.07, 6.45) is 3.42. The van der Waals surface area contributed by atoms with Crippen molar-refractivity contribution in [3.8, 4) is 0 Å². The molecule has 1 aromatic rings. The maximum absolute atomic E-state index is 12.0. The second-order valence-electron chi connectivity index (χ2n) is 6.43. The zero-order valence-corrected chi connectivity index (χ0v) is 14.4. The second-order valence-corrected chi connectivity index (χ2v) is 6.86. The molecule has 3 rings (SSSR count). The van der Waals surface area contributed by atoms with Gasteiger partial charge in [-0.2, -0.15) is 0 Å². The van der Waals surface area contributed by atoms with E-state index in [4.69, 9.17) is 16.3 Å². The molecule has 7 heteroatoms. The zero-order chi connectivity index (χ0) is 16.8. The zero-order valence-electron chi connectivity index (χ0n) is 13.7. The third-order valence-electron chi connectivity index (χ3n) is 4.69. The molecule has 1 saturated heterocycles. The highest BCUT2D eigenvalue weighted by molar-refractivity contribution is 6.30. The summed E-state index contributed by atoms with van der Waals surface area (Å²) in [5, 5.41) is 6.66. The quantitative estimate of drug-likeness (QED) is 0.589. The SMILES string of the molecule is O=C(NCCOCc1ccc(Cl)cc1)NC1CCCC2CNNC21. The summed E-state index contributed by atoms with van der Waals surface area (Å²) in [6, 6.07) is 7.96. The summed E-state index contributed by atoms with van der Waals surface area (Å²) in [7, 11) is 0. The third kappa shape index (κ3) is 4.83. The van der Waals surface area contributed by atoms with Crippen molar-refractivity contribution in [1.29, 1.82) is 0 Å². The van der Waals surface area contributed by atoms with Crippen molar-refractivity contribution in [3.05, 3.63) is 34.9 Å². The van der Waals surface area contributed by atoms with Crippen LogP contribution in [0.25, 0.3) is 0 Å². The van der Waals surface area contributed by atoms with Gasteiger partial charge in [0.2, 0.25) is 0 Å². The number of rotatable bonds is 6. The van der Waals surface area contributed by atoms with E-state index in [1.807, 2.05) is 24.3 Å². The van der Waals surface area contributed by atoms with Gasteiger partial charge in [-0.1, -0.05) is 30.2 Å². The Morgan fingerprint density at radius 2 is 2.12 bits per heavy atom. The van der Waals surface area contributed by atoms with Crippen LogP contribution in [-0.2, 0) is 11.3 Å². The molecule has 6 nitrogen and oxygen atoms in total. The minimum Gasteiger partial charge on any atom is -0.375 e. The van der Waals surface area contributed by atoms with Crippen molar-refractivity contribution in [3.63, 3.8) is 0 Å². The number of ether oxygens (including phenoxy) is 1. The van der Waals surface area contributed by atoms with E-state index in [2.05, 4.69) is 21.5 Å². The van der Waals surface area contributed by atoms with Gasteiger partial charge in [0.25, 0.3) is 0 Å². The van der Waals surface area contributed by atoms with Crippen LogP contribution in [0.2, 0.25) is 5.02 Å². The molecule has 1 heterocycles. The number of urea groups is 1. The first-order chi connectivity index (χ1) is 11.7. The highest BCUT2D eigenvalue weighted by Gasteiger charge is 2.37. The van der Waals surface area contributed by atoms with Crippen LogP contribution in [0.4, 0.5) is 4.79 Å². The molecular formula is C17H25ClN4O2. The topological polar surface area (TPSA) is 74.4 Å². The number of fused-ring (bicyclic) bond motifs is 1. The van der Waals surface area contributed by atoms with Crippen molar-refractivity contribution < 1.29 is 9.53 Å². The molecule has 3 unspecified atom stereocenters. The van der Waals surface area contributed by atoms with Crippen LogP contribution >= 0.6 is 11.6 Å². The Labute approximate surface area is 147 Å².